The standard InChI is InChI=1S/C15H9ClFNO3/c1-20-14-6-9(8-18)2-5-13(14)21-15(19)11-4-3-10(17)7-12(11)16/h2-7H,1H3. The first kappa shape index (κ1) is 14.8. The molecule has 0 unspecified atom stereocenters. The summed E-state index contributed by atoms with van der Waals surface area (Å²) in [4.78, 5) is 12.0. The molecule has 0 aliphatic rings. The summed E-state index contributed by atoms with van der Waals surface area (Å²) >= 11 is 5.80. The molecule has 21 heavy (non-hydrogen) atoms. The first-order valence-corrected chi connectivity index (χ1v) is 6.18. The molecule has 0 aromatic heterocycles. The number of rotatable bonds is 3. The van der Waals surface area contributed by atoms with Gasteiger partial charge in [0.05, 0.1) is 29.3 Å². The highest BCUT2D eigenvalue weighted by Crippen LogP contribution is 2.29. The molecule has 0 bridgehead atoms. The van der Waals surface area contributed by atoms with Crippen molar-refractivity contribution in [3.63, 3.8) is 0 Å². The monoisotopic (exact) mass is 305 g/mol. The molecule has 0 atom stereocenters. The van der Waals surface area contributed by atoms with Crippen LogP contribution in [0.1, 0.15) is 15.9 Å². The number of ether oxygens (including phenoxy) is 2. The van der Waals surface area contributed by atoms with Crippen molar-refractivity contribution in [2.75, 3.05) is 7.11 Å². The predicted octanol–water partition coefficient (Wildman–Crippen LogP) is 3.58. The Balaban J connectivity index is 2.29. The van der Waals surface area contributed by atoms with E-state index in [0.717, 1.165) is 12.1 Å². The molecule has 2 aromatic rings. The van der Waals surface area contributed by atoms with E-state index in [4.69, 9.17) is 26.3 Å². The second-order valence-corrected chi connectivity index (χ2v) is 4.40. The molecule has 0 saturated carbocycles. The Hall–Kier alpha value is -2.58. The van der Waals surface area contributed by atoms with Gasteiger partial charge in [0.25, 0.3) is 0 Å². The highest BCUT2D eigenvalue weighted by atomic mass is 35.5. The number of nitriles is 1. The summed E-state index contributed by atoms with van der Waals surface area (Å²) in [5.74, 6) is -0.918. The van der Waals surface area contributed by atoms with Crippen LogP contribution >= 0.6 is 11.6 Å². The lowest BCUT2D eigenvalue weighted by atomic mass is 10.2. The summed E-state index contributed by atoms with van der Waals surface area (Å²) in [6.45, 7) is 0. The molecule has 2 aromatic carbocycles. The lowest BCUT2D eigenvalue weighted by molar-refractivity contribution is 0.0730. The lowest BCUT2D eigenvalue weighted by Crippen LogP contribution is -2.10. The molecule has 0 heterocycles. The fourth-order valence-corrected chi connectivity index (χ4v) is 1.88. The van der Waals surface area contributed by atoms with Crippen molar-refractivity contribution in [1.29, 1.82) is 5.26 Å². The molecule has 2 rings (SSSR count). The average Bonchev–Trinajstić information content (AvgIpc) is 2.47. The first-order chi connectivity index (χ1) is 10.0. The highest BCUT2D eigenvalue weighted by Gasteiger charge is 2.16. The van der Waals surface area contributed by atoms with Crippen LogP contribution in [0.15, 0.2) is 36.4 Å². The summed E-state index contributed by atoms with van der Waals surface area (Å²) in [6, 6.07) is 9.67. The number of esters is 1. The third kappa shape index (κ3) is 3.30. The van der Waals surface area contributed by atoms with Crippen molar-refractivity contribution in [2.45, 2.75) is 0 Å². The number of hydrogen-bond donors (Lipinski definition) is 0. The third-order valence-corrected chi connectivity index (χ3v) is 2.96. The number of benzene rings is 2. The van der Waals surface area contributed by atoms with Gasteiger partial charge in [-0.1, -0.05) is 11.6 Å². The van der Waals surface area contributed by atoms with Crippen LogP contribution < -0.4 is 9.47 Å². The summed E-state index contributed by atoms with van der Waals surface area (Å²) in [5, 5.41) is 8.76. The number of carbonyl (C=O) groups is 1. The smallest absolute Gasteiger partial charge is 0.345 e. The molecule has 0 saturated heterocycles. The van der Waals surface area contributed by atoms with E-state index < -0.39 is 11.8 Å². The third-order valence-electron chi connectivity index (χ3n) is 2.65. The minimum atomic E-state index is -0.747. The fourth-order valence-electron chi connectivity index (χ4n) is 1.63. The van der Waals surface area contributed by atoms with Gasteiger partial charge in [0, 0.05) is 6.07 Å². The number of halogens is 2. The zero-order valence-corrected chi connectivity index (χ0v) is 11.6. The van der Waals surface area contributed by atoms with Gasteiger partial charge in [-0.3, -0.25) is 0 Å². The SMILES string of the molecule is COc1cc(C#N)ccc1OC(=O)c1ccc(F)cc1Cl. The molecular weight excluding hydrogens is 297 g/mol. The van der Waals surface area contributed by atoms with E-state index in [0.29, 0.717) is 5.56 Å². The summed E-state index contributed by atoms with van der Waals surface area (Å²) in [5.41, 5.74) is 0.399. The minimum absolute atomic E-state index is 0.0319. The maximum atomic E-state index is 13.0. The van der Waals surface area contributed by atoms with Gasteiger partial charge >= 0.3 is 5.97 Å². The van der Waals surface area contributed by atoms with Gasteiger partial charge in [0.2, 0.25) is 0 Å². The molecular formula is C15H9ClFNO3. The molecule has 0 fully saturated rings. The van der Waals surface area contributed by atoms with E-state index in [1.807, 2.05) is 6.07 Å². The number of nitrogens with zero attached hydrogens (tertiary/aromatic N) is 1. The Morgan fingerprint density at radius 2 is 2.00 bits per heavy atom. The summed E-state index contributed by atoms with van der Waals surface area (Å²) in [6.07, 6.45) is 0. The zero-order valence-electron chi connectivity index (χ0n) is 10.9. The highest BCUT2D eigenvalue weighted by molar-refractivity contribution is 6.33. The second kappa shape index (κ2) is 6.25. The summed E-state index contributed by atoms with van der Waals surface area (Å²) < 4.78 is 23.2. The molecule has 6 heteroatoms. The van der Waals surface area contributed by atoms with Crippen LogP contribution in [0.4, 0.5) is 4.39 Å². The van der Waals surface area contributed by atoms with Crippen LogP contribution in [-0.4, -0.2) is 13.1 Å². The normalized spacial score (nSPS) is 9.81. The van der Waals surface area contributed by atoms with Crippen molar-refractivity contribution in [2.24, 2.45) is 0 Å². The molecule has 4 nitrogen and oxygen atoms in total. The maximum absolute atomic E-state index is 13.0. The quantitative estimate of drug-likeness (QED) is 0.642. The molecule has 0 spiro atoms. The molecule has 106 valence electrons. The van der Waals surface area contributed by atoms with E-state index >= 15 is 0 Å². The molecule has 0 N–H and O–H groups in total. The van der Waals surface area contributed by atoms with Crippen LogP contribution in [-0.2, 0) is 0 Å². The topological polar surface area (TPSA) is 59.3 Å². The first-order valence-electron chi connectivity index (χ1n) is 5.80. The van der Waals surface area contributed by atoms with Gasteiger partial charge in [-0.15, -0.1) is 0 Å². The van der Waals surface area contributed by atoms with Gasteiger partial charge in [0.15, 0.2) is 11.5 Å². The minimum Gasteiger partial charge on any atom is -0.493 e. The largest absolute Gasteiger partial charge is 0.493 e. The Morgan fingerprint density at radius 1 is 1.24 bits per heavy atom. The van der Waals surface area contributed by atoms with Crippen LogP contribution in [0.5, 0.6) is 11.5 Å². The van der Waals surface area contributed by atoms with Gasteiger partial charge in [-0.25, -0.2) is 9.18 Å². The van der Waals surface area contributed by atoms with Gasteiger partial charge in [0.1, 0.15) is 5.82 Å². The fraction of sp³-hybridized carbons (Fsp3) is 0.0667. The second-order valence-electron chi connectivity index (χ2n) is 3.99. The number of carbonyl (C=O) groups excluding carboxylic acids is 1. The number of hydrogen-bond acceptors (Lipinski definition) is 4. The Labute approximate surface area is 125 Å². The molecule has 0 amide bonds. The van der Waals surface area contributed by atoms with Gasteiger partial charge in [-0.05, 0) is 30.3 Å². The Morgan fingerprint density at radius 3 is 2.62 bits per heavy atom. The Kier molecular flexibility index (Phi) is 4.41. The lowest BCUT2D eigenvalue weighted by Gasteiger charge is -2.10. The maximum Gasteiger partial charge on any atom is 0.345 e. The van der Waals surface area contributed by atoms with Crippen molar-refractivity contribution in [1.82, 2.24) is 0 Å². The van der Waals surface area contributed by atoms with Crippen LogP contribution in [0.25, 0.3) is 0 Å². The molecule has 0 radical (unpaired) electrons. The van der Waals surface area contributed by atoms with E-state index in [9.17, 15) is 9.18 Å². The van der Waals surface area contributed by atoms with Gasteiger partial charge in [-0.2, -0.15) is 5.26 Å². The van der Waals surface area contributed by atoms with Gasteiger partial charge < -0.3 is 9.47 Å². The average molecular weight is 306 g/mol. The van der Waals surface area contributed by atoms with Crippen molar-refractivity contribution in [3.05, 3.63) is 58.4 Å². The van der Waals surface area contributed by atoms with Crippen molar-refractivity contribution >= 4 is 17.6 Å². The van der Waals surface area contributed by atoms with E-state index in [-0.39, 0.29) is 22.1 Å². The molecule has 0 aliphatic carbocycles. The van der Waals surface area contributed by atoms with Crippen LogP contribution in [0.2, 0.25) is 5.02 Å². The predicted molar refractivity (Wildman–Crippen MR) is 74.1 cm³/mol. The van der Waals surface area contributed by atoms with E-state index in [2.05, 4.69) is 0 Å². The van der Waals surface area contributed by atoms with Crippen LogP contribution in [0.3, 0.4) is 0 Å². The summed E-state index contributed by atoms with van der Waals surface area (Å²) in [7, 11) is 1.39. The number of methoxy groups -OCH3 is 1. The van der Waals surface area contributed by atoms with Crippen molar-refractivity contribution in [3.8, 4) is 17.6 Å². The van der Waals surface area contributed by atoms with Crippen molar-refractivity contribution < 1.29 is 18.7 Å². The van der Waals surface area contributed by atoms with E-state index in [1.54, 1.807) is 0 Å². The zero-order chi connectivity index (χ0) is 15.4. The Bertz CT molecular complexity index is 740. The molecule has 0 aliphatic heterocycles. The van der Waals surface area contributed by atoms with E-state index in [1.165, 1.54) is 31.4 Å². The van der Waals surface area contributed by atoms with Crippen LogP contribution in [0, 0.1) is 17.1 Å².